The molecule has 10 heteroatoms. The number of esters is 1. The number of carbonyl (C=O) groups is 1. The predicted octanol–water partition coefficient (Wildman–Crippen LogP) is 1.65. The summed E-state index contributed by atoms with van der Waals surface area (Å²) in [4.78, 5) is 11.6. The molecule has 1 aliphatic rings. The van der Waals surface area contributed by atoms with Crippen LogP contribution in [0.15, 0.2) is 36.4 Å². The maximum absolute atomic E-state index is 11.6. The maximum Gasteiger partial charge on any atom is 0.331 e. The van der Waals surface area contributed by atoms with Gasteiger partial charge in [-0.3, -0.25) is 0 Å². The first-order valence-corrected chi connectivity index (χ1v) is 10.1. The highest BCUT2D eigenvalue weighted by atomic mass is 16.6. The van der Waals surface area contributed by atoms with E-state index in [1.165, 1.54) is 7.11 Å². The van der Waals surface area contributed by atoms with Gasteiger partial charge in [-0.15, -0.1) is 0 Å². The number of nitrogens with two attached hydrogens (primary N) is 2. The van der Waals surface area contributed by atoms with Gasteiger partial charge < -0.3 is 44.6 Å². The Balaban J connectivity index is 1.79. The summed E-state index contributed by atoms with van der Waals surface area (Å²) in [7, 11) is 1.29. The van der Waals surface area contributed by atoms with E-state index in [-0.39, 0.29) is 19.8 Å². The lowest BCUT2D eigenvalue weighted by molar-refractivity contribution is -0.149. The minimum absolute atomic E-state index is 0.0613. The Morgan fingerprint density at radius 1 is 0.844 bits per heavy atom. The van der Waals surface area contributed by atoms with Gasteiger partial charge >= 0.3 is 5.97 Å². The van der Waals surface area contributed by atoms with E-state index in [0.717, 1.165) is 0 Å². The molecule has 0 aliphatic carbocycles. The molecule has 0 unspecified atom stereocenters. The largest absolute Gasteiger partial charge is 0.487 e. The van der Waals surface area contributed by atoms with Crippen LogP contribution in [0.3, 0.4) is 0 Å². The van der Waals surface area contributed by atoms with E-state index < -0.39 is 12.1 Å². The molecule has 32 heavy (non-hydrogen) atoms. The summed E-state index contributed by atoms with van der Waals surface area (Å²) in [5, 5.41) is 0. The topological polar surface area (TPSA) is 134 Å². The minimum atomic E-state index is -0.617. The molecular formula is C22H28N2O8. The van der Waals surface area contributed by atoms with E-state index >= 15 is 0 Å². The van der Waals surface area contributed by atoms with E-state index in [1.807, 2.05) is 0 Å². The smallest absolute Gasteiger partial charge is 0.331 e. The first-order valence-electron chi connectivity index (χ1n) is 10.1. The minimum Gasteiger partial charge on any atom is -0.487 e. The van der Waals surface area contributed by atoms with Crippen molar-refractivity contribution in [1.82, 2.24) is 0 Å². The number of hydrogen-bond acceptors (Lipinski definition) is 10. The van der Waals surface area contributed by atoms with Crippen molar-refractivity contribution in [2.24, 2.45) is 0 Å². The number of methoxy groups -OCH3 is 1. The monoisotopic (exact) mass is 448 g/mol. The van der Waals surface area contributed by atoms with Crippen molar-refractivity contribution in [3.8, 4) is 23.0 Å². The summed E-state index contributed by atoms with van der Waals surface area (Å²) >= 11 is 0. The van der Waals surface area contributed by atoms with Gasteiger partial charge in [0, 0.05) is 23.5 Å². The van der Waals surface area contributed by atoms with Crippen LogP contribution in [-0.4, -0.2) is 65.4 Å². The molecule has 0 radical (unpaired) electrons. The molecule has 0 atom stereocenters. The first kappa shape index (κ1) is 23.3. The third-order valence-electron chi connectivity index (χ3n) is 4.42. The summed E-state index contributed by atoms with van der Waals surface area (Å²) in [5.74, 6) is 1.39. The lowest BCUT2D eigenvalue weighted by Gasteiger charge is -2.21. The van der Waals surface area contributed by atoms with Crippen LogP contribution in [-0.2, 0) is 19.0 Å². The first-order chi connectivity index (χ1) is 15.5. The average Bonchev–Trinajstić information content (AvgIpc) is 2.79. The zero-order valence-corrected chi connectivity index (χ0v) is 17.9. The average molecular weight is 448 g/mol. The van der Waals surface area contributed by atoms with Gasteiger partial charge in [0.05, 0.1) is 20.3 Å². The molecule has 0 bridgehead atoms. The van der Waals surface area contributed by atoms with Crippen molar-refractivity contribution in [2.75, 3.05) is 64.8 Å². The van der Waals surface area contributed by atoms with Crippen molar-refractivity contribution in [3.05, 3.63) is 36.4 Å². The standard InChI is InChI=1S/C22H28N2O8/c1-26-22(25)14-30-17-12-31-20-10-15(23)2-4-18(20)28-8-6-27-7-9-29-19-5-3-16(24)11-21(19)32-13-17/h2-5,10-11,17H,6-9,12-14,23-24H2,1H3. The molecular weight excluding hydrogens is 420 g/mol. The molecule has 1 aliphatic heterocycles. The Morgan fingerprint density at radius 3 is 1.88 bits per heavy atom. The van der Waals surface area contributed by atoms with Crippen LogP contribution in [0.2, 0.25) is 0 Å². The molecule has 1 heterocycles. The quantitative estimate of drug-likeness (QED) is 0.527. The van der Waals surface area contributed by atoms with Crippen molar-refractivity contribution in [3.63, 3.8) is 0 Å². The van der Waals surface area contributed by atoms with Gasteiger partial charge in [0.15, 0.2) is 23.0 Å². The molecule has 4 N–H and O–H groups in total. The fourth-order valence-electron chi connectivity index (χ4n) is 2.79. The maximum atomic E-state index is 11.6. The number of benzene rings is 2. The Hall–Kier alpha value is -3.37. The van der Waals surface area contributed by atoms with Gasteiger partial charge in [0.2, 0.25) is 0 Å². The fraction of sp³-hybridized carbons (Fsp3) is 0.409. The molecule has 10 nitrogen and oxygen atoms in total. The molecule has 3 rings (SSSR count). The van der Waals surface area contributed by atoms with Crippen molar-refractivity contribution < 1.29 is 38.0 Å². The van der Waals surface area contributed by atoms with Crippen molar-refractivity contribution in [1.29, 1.82) is 0 Å². The van der Waals surface area contributed by atoms with Crippen molar-refractivity contribution >= 4 is 17.3 Å². The van der Waals surface area contributed by atoms with Gasteiger partial charge in [-0.05, 0) is 24.3 Å². The number of ether oxygens (including phenoxy) is 7. The van der Waals surface area contributed by atoms with Crippen LogP contribution in [0.1, 0.15) is 0 Å². The number of anilines is 2. The summed E-state index contributed by atoms with van der Waals surface area (Å²) in [5.41, 5.74) is 12.8. The molecule has 174 valence electrons. The van der Waals surface area contributed by atoms with Crippen LogP contribution >= 0.6 is 0 Å². The van der Waals surface area contributed by atoms with E-state index in [9.17, 15) is 4.79 Å². The van der Waals surface area contributed by atoms with Gasteiger partial charge in [0.25, 0.3) is 0 Å². The normalized spacial score (nSPS) is 15.7. The van der Waals surface area contributed by atoms with E-state index in [4.69, 9.17) is 39.9 Å². The highest BCUT2D eigenvalue weighted by molar-refractivity contribution is 5.70. The summed E-state index contributed by atoms with van der Waals surface area (Å²) < 4.78 is 39.2. The molecule has 0 fully saturated rings. The summed E-state index contributed by atoms with van der Waals surface area (Å²) in [6.45, 7) is 1.23. The molecule has 2 aromatic rings. The van der Waals surface area contributed by atoms with Crippen LogP contribution in [0.5, 0.6) is 23.0 Å². The number of carbonyl (C=O) groups excluding carboxylic acids is 1. The number of nitrogen functional groups attached to an aromatic ring is 2. The third-order valence-corrected chi connectivity index (χ3v) is 4.42. The zero-order valence-electron chi connectivity index (χ0n) is 17.9. The van der Waals surface area contributed by atoms with Gasteiger partial charge in [0.1, 0.15) is 39.1 Å². The second kappa shape index (κ2) is 11.9. The van der Waals surface area contributed by atoms with Gasteiger partial charge in [-0.25, -0.2) is 4.79 Å². The molecule has 2 aromatic carbocycles. The van der Waals surface area contributed by atoms with E-state index in [1.54, 1.807) is 36.4 Å². The van der Waals surface area contributed by atoms with Crippen LogP contribution < -0.4 is 30.4 Å². The highest BCUT2D eigenvalue weighted by Gasteiger charge is 2.18. The summed E-state index contributed by atoms with van der Waals surface area (Å²) in [6.07, 6.45) is -0.617. The number of rotatable bonds is 3. The molecule has 0 amide bonds. The van der Waals surface area contributed by atoms with Gasteiger partial charge in [-0.2, -0.15) is 0 Å². The SMILES string of the molecule is COC(=O)COC1COc2cc(N)ccc2OCCOCCOc2ccc(N)cc2OC1. The molecule has 0 spiro atoms. The highest BCUT2D eigenvalue weighted by Crippen LogP contribution is 2.31. The van der Waals surface area contributed by atoms with Crippen molar-refractivity contribution in [2.45, 2.75) is 6.10 Å². The van der Waals surface area contributed by atoms with Gasteiger partial charge in [-0.1, -0.05) is 0 Å². The Labute approximate surface area is 186 Å². The van der Waals surface area contributed by atoms with Crippen LogP contribution in [0, 0.1) is 0 Å². The van der Waals surface area contributed by atoms with E-state index in [2.05, 4.69) is 4.74 Å². The third kappa shape index (κ3) is 7.10. The molecule has 0 aromatic heterocycles. The fourth-order valence-corrected chi connectivity index (χ4v) is 2.79. The van der Waals surface area contributed by atoms with E-state index in [0.29, 0.717) is 60.8 Å². The second-order valence-electron chi connectivity index (χ2n) is 6.85. The van der Waals surface area contributed by atoms with Crippen LogP contribution in [0.4, 0.5) is 11.4 Å². The predicted molar refractivity (Wildman–Crippen MR) is 116 cm³/mol. The lowest BCUT2D eigenvalue weighted by Crippen LogP contribution is -2.31. The lowest BCUT2D eigenvalue weighted by atomic mass is 10.2. The van der Waals surface area contributed by atoms with Crippen LogP contribution in [0.25, 0.3) is 0 Å². The Bertz CT molecular complexity index is 831. The second-order valence-corrected chi connectivity index (χ2v) is 6.85. The molecule has 0 saturated heterocycles. The Morgan fingerprint density at radius 2 is 1.38 bits per heavy atom. The Kier molecular flexibility index (Phi) is 8.64. The summed E-state index contributed by atoms with van der Waals surface area (Å²) in [6, 6.07) is 10.2. The number of hydrogen-bond donors (Lipinski definition) is 2. The number of fused-ring (bicyclic) bond motifs is 2. The molecule has 0 saturated carbocycles. The zero-order chi connectivity index (χ0) is 22.8.